The smallest absolute Gasteiger partial charge is 0.215 e. The Labute approximate surface area is 82.6 Å². The minimum atomic E-state index is -3.53. The molecule has 72 valence electrons. The van der Waals surface area contributed by atoms with Crippen LogP contribution in [0.2, 0.25) is 5.02 Å². The van der Waals surface area contributed by atoms with E-state index in [0.29, 0.717) is 10.6 Å². The summed E-state index contributed by atoms with van der Waals surface area (Å²) in [6.45, 7) is 1.53. The van der Waals surface area contributed by atoms with Crippen LogP contribution >= 0.6 is 11.6 Å². The van der Waals surface area contributed by atoms with E-state index in [0.717, 1.165) is 0 Å². The van der Waals surface area contributed by atoms with Crippen molar-refractivity contribution in [1.82, 2.24) is 0 Å². The van der Waals surface area contributed by atoms with E-state index in [1.165, 1.54) is 6.92 Å². The number of hydrogen-bond donors (Lipinski definition) is 1. The lowest BCUT2D eigenvalue weighted by Gasteiger charge is -2.08. The van der Waals surface area contributed by atoms with E-state index in [9.17, 15) is 8.42 Å². The number of sulfonamides is 1. The van der Waals surface area contributed by atoms with Gasteiger partial charge < -0.3 is 0 Å². The average Bonchev–Trinajstić information content (AvgIpc) is 2.01. The van der Waals surface area contributed by atoms with Crippen LogP contribution in [-0.2, 0) is 10.0 Å². The second-order valence-corrected chi connectivity index (χ2v) is 5.11. The number of halogens is 1. The Bertz CT molecular complexity index is 402. The Hall–Kier alpha value is -0.580. The van der Waals surface area contributed by atoms with Crippen LogP contribution in [0.15, 0.2) is 24.3 Å². The Morgan fingerprint density at radius 1 is 1.46 bits per heavy atom. The Morgan fingerprint density at radius 3 is 2.54 bits per heavy atom. The first kappa shape index (κ1) is 10.5. The first-order valence-electron chi connectivity index (χ1n) is 3.68. The predicted molar refractivity (Wildman–Crippen MR) is 53.0 cm³/mol. The van der Waals surface area contributed by atoms with E-state index in [-0.39, 0.29) is 0 Å². The lowest BCUT2D eigenvalue weighted by Crippen LogP contribution is -2.19. The van der Waals surface area contributed by atoms with Crippen molar-refractivity contribution in [2.24, 2.45) is 5.14 Å². The normalized spacial score (nSPS) is 14.1. The fourth-order valence-electron chi connectivity index (χ4n) is 0.949. The lowest BCUT2D eigenvalue weighted by atomic mass is 10.2. The van der Waals surface area contributed by atoms with Crippen LogP contribution in [0.3, 0.4) is 0 Å². The molecule has 1 aromatic carbocycles. The second kappa shape index (κ2) is 3.65. The van der Waals surface area contributed by atoms with Crippen molar-refractivity contribution in [3.05, 3.63) is 34.9 Å². The van der Waals surface area contributed by atoms with E-state index >= 15 is 0 Å². The summed E-state index contributed by atoms with van der Waals surface area (Å²) in [4.78, 5) is 0. The molecule has 0 amide bonds. The number of benzene rings is 1. The van der Waals surface area contributed by atoms with Gasteiger partial charge >= 0.3 is 0 Å². The van der Waals surface area contributed by atoms with Gasteiger partial charge in [-0.15, -0.1) is 0 Å². The molecule has 0 bridgehead atoms. The van der Waals surface area contributed by atoms with Crippen LogP contribution in [0.25, 0.3) is 0 Å². The molecule has 0 spiro atoms. The molecule has 1 rings (SSSR count). The minimum Gasteiger partial charge on any atom is -0.228 e. The predicted octanol–water partition coefficient (Wildman–Crippen LogP) is 1.69. The molecule has 0 heterocycles. The molecule has 0 fully saturated rings. The highest BCUT2D eigenvalue weighted by Gasteiger charge is 2.17. The molecule has 3 nitrogen and oxygen atoms in total. The fourth-order valence-corrected chi connectivity index (χ4v) is 1.67. The molecular formula is C8H10ClNO2S. The molecule has 0 aromatic heterocycles. The highest BCUT2D eigenvalue weighted by molar-refractivity contribution is 7.89. The summed E-state index contributed by atoms with van der Waals surface area (Å²) in [5.74, 6) is 0. The molecule has 2 N–H and O–H groups in total. The molecule has 1 atom stereocenters. The van der Waals surface area contributed by atoms with Gasteiger partial charge in [-0.2, -0.15) is 0 Å². The molecule has 0 saturated heterocycles. The Morgan fingerprint density at radius 2 is 2.08 bits per heavy atom. The second-order valence-electron chi connectivity index (χ2n) is 2.79. The molecule has 13 heavy (non-hydrogen) atoms. The van der Waals surface area contributed by atoms with Crippen LogP contribution in [0.1, 0.15) is 17.7 Å². The number of hydrogen-bond acceptors (Lipinski definition) is 2. The van der Waals surface area contributed by atoms with Crippen molar-refractivity contribution < 1.29 is 8.42 Å². The maximum atomic E-state index is 11.0. The van der Waals surface area contributed by atoms with Crippen LogP contribution in [0, 0.1) is 0 Å². The summed E-state index contributed by atoms with van der Waals surface area (Å²) < 4.78 is 22.0. The summed E-state index contributed by atoms with van der Waals surface area (Å²) in [5, 5.41) is 4.78. The largest absolute Gasteiger partial charge is 0.228 e. The van der Waals surface area contributed by atoms with Gasteiger partial charge in [0, 0.05) is 5.02 Å². The minimum absolute atomic E-state index is 0.507. The topological polar surface area (TPSA) is 60.2 Å². The quantitative estimate of drug-likeness (QED) is 0.823. The summed E-state index contributed by atoms with van der Waals surface area (Å²) in [5.41, 5.74) is 0.606. The van der Waals surface area contributed by atoms with Crippen LogP contribution in [0.4, 0.5) is 0 Å². The van der Waals surface area contributed by atoms with Gasteiger partial charge in [-0.25, -0.2) is 13.6 Å². The zero-order valence-corrected chi connectivity index (χ0v) is 8.64. The molecule has 1 aromatic rings. The first-order chi connectivity index (χ1) is 5.91. The SMILES string of the molecule is C[C@H](c1cccc(Cl)c1)S(N)(=O)=O. The third-order valence-electron chi connectivity index (χ3n) is 1.81. The van der Waals surface area contributed by atoms with Gasteiger partial charge in [-0.1, -0.05) is 23.7 Å². The summed E-state index contributed by atoms with van der Waals surface area (Å²) in [7, 11) is -3.53. The van der Waals surface area contributed by atoms with Crippen LogP contribution < -0.4 is 5.14 Å². The van der Waals surface area contributed by atoms with Gasteiger partial charge in [0.15, 0.2) is 0 Å². The van der Waals surface area contributed by atoms with Crippen molar-refractivity contribution in [2.45, 2.75) is 12.2 Å². The van der Waals surface area contributed by atoms with E-state index in [1.54, 1.807) is 24.3 Å². The van der Waals surface area contributed by atoms with E-state index in [1.807, 2.05) is 0 Å². The standard InChI is InChI=1S/C8H10ClNO2S/c1-6(13(10,11)12)7-3-2-4-8(9)5-7/h2-6H,1H3,(H2,10,11,12)/t6-/m1/s1. The number of rotatable bonds is 2. The molecule has 0 aliphatic carbocycles. The van der Waals surface area contributed by atoms with Gasteiger partial charge in [-0.05, 0) is 24.6 Å². The van der Waals surface area contributed by atoms with E-state index in [4.69, 9.17) is 16.7 Å². The van der Waals surface area contributed by atoms with E-state index in [2.05, 4.69) is 0 Å². The Kier molecular flexibility index (Phi) is 2.95. The van der Waals surface area contributed by atoms with Crippen LogP contribution in [-0.4, -0.2) is 8.42 Å². The number of nitrogens with two attached hydrogens (primary N) is 1. The highest BCUT2D eigenvalue weighted by atomic mass is 35.5. The number of primary sulfonamides is 1. The molecule has 5 heteroatoms. The van der Waals surface area contributed by atoms with Crippen molar-refractivity contribution in [3.8, 4) is 0 Å². The molecule has 0 radical (unpaired) electrons. The van der Waals surface area contributed by atoms with Crippen molar-refractivity contribution in [2.75, 3.05) is 0 Å². The molecule has 0 aliphatic rings. The Balaban J connectivity index is 3.10. The maximum Gasteiger partial charge on any atom is 0.215 e. The van der Waals surface area contributed by atoms with Gasteiger partial charge in [0.1, 0.15) is 0 Å². The zero-order chi connectivity index (χ0) is 10.1. The maximum absolute atomic E-state index is 11.0. The zero-order valence-electron chi connectivity index (χ0n) is 7.07. The van der Waals surface area contributed by atoms with Crippen molar-refractivity contribution >= 4 is 21.6 Å². The fraction of sp³-hybridized carbons (Fsp3) is 0.250. The summed E-state index contributed by atoms with van der Waals surface area (Å²) in [6.07, 6.45) is 0. The van der Waals surface area contributed by atoms with Gasteiger partial charge in [-0.3, -0.25) is 0 Å². The third-order valence-corrected chi connectivity index (χ3v) is 3.30. The van der Waals surface area contributed by atoms with Crippen molar-refractivity contribution in [3.63, 3.8) is 0 Å². The van der Waals surface area contributed by atoms with Gasteiger partial charge in [0.2, 0.25) is 10.0 Å². The summed E-state index contributed by atoms with van der Waals surface area (Å²) in [6, 6.07) is 6.65. The molecule has 0 saturated carbocycles. The monoisotopic (exact) mass is 219 g/mol. The van der Waals surface area contributed by atoms with Gasteiger partial charge in [0.25, 0.3) is 0 Å². The highest BCUT2D eigenvalue weighted by Crippen LogP contribution is 2.21. The summed E-state index contributed by atoms with van der Waals surface area (Å²) >= 11 is 5.70. The van der Waals surface area contributed by atoms with E-state index < -0.39 is 15.3 Å². The average molecular weight is 220 g/mol. The van der Waals surface area contributed by atoms with Crippen LogP contribution in [0.5, 0.6) is 0 Å². The first-order valence-corrected chi connectivity index (χ1v) is 5.67. The molecular weight excluding hydrogens is 210 g/mol. The molecule has 0 aliphatic heterocycles. The third kappa shape index (κ3) is 2.69. The molecule has 0 unspecified atom stereocenters. The lowest BCUT2D eigenvalue weighted by molar-refractivity contribution is 0.588. The van der Waals surface area contributed by atoms with Gasteiger partial charge in [0.05, 0.1) is 5.25 Å². The van der Waals surface area contributed by atoms with Crippen molar-refractivity contribution in [1.29, 1.82) is 0 Å².